The van der Waals surface area contributed by atoms with E-state index in [2.05, 4.69) is 10.3 Å². The number of benzene rings is 2. The summed E-state index contributed by atoms with van der Waals surface area (Å²) in [6, 6.07) is 7.15. The van der Waals surface area contributed by atoms with Crippen molar-refractivity contribution in [2.45, 2.75) is 18.6 Å². The van der Waals surface area contributed by atoms with E-state index in [0.29, 0.717) is 60.7 Å². The molecule has 2 fully saturated rings. The number of methoxy groups -OCH3 is 3. The van der Waals surface area contributed by atoms with Crippen LogP contribution in [0.1, 0.15) is 34.3 Å². The molecule has 1 aromatic heterocycles. The van der Waals surface area contributed by atoms with E-state index in [1.807, 2.05) is 24.3 Å². The van der Waals surface area contributed by atoms with Gasteiger partial charge in [-0.2, -0.15) is 0 Å². The van der Waals surface area contributed by atoms with Gasteiger partial charge in [-0.3, -0.25) is 4.79 Å². The third-order valence-electron chi connectivity index (χ3n) is 8.65. The summed E-state index contributed by atoms with van der Waals surface area (Å²) in [5.41, 5.74) is 3.00. The molecule has 3 aromatic rings. The van der Waals surface area contributed by atoms with Crippen LogP contribution in [0.2, 0.25) is 0 Å². The third-order valence-corrected chi connectivity index (χ3v) is 8.65. The number of aromatic nitrogens is 3. The van der Waals surface area contributed by atoms with Gasteiger partial charge < -0.3 is 42.8 Å². The minimum Gasteiger partial charge on any atom is -0.493 e. The first-order valence-electron chi connectivity index (χ1n) is 14.3. The van der Waals surface area contributed by atoms with Crippen molar-refractivity contribution in [3.63, 3.8) is 0 Å². The first-order valence-corrected chi connectivity index (χ1v) is 14.3. The van der Waals surface area contributed by atoms with Gasteiger partial charge in [0.05, 0.1) is 59.3 Å². The molecule has 4 atom stereocenters. The highest BCUT2D eigenvalue weighted by atomic mass is 16.7. The molecule has 0 radical (unpaired) electrons. The van der Waals surface area contributed by atoms with E-state index in [1.54, 1.807) is 37.1 Å². The molecule has 14 heteroatoms. The Hall–Kier alpha value is -4.72. The molecule has 1 amide bonds. The normalized spacial score (nSPS) is 23.4. The monoisotopic (exact) mass is 608 g/mol. The molecule has 44 heavy (non-hydrogen) atoms. The van der Waals surface area contributed by atoms with E-state index >= 15 is 0 Å². The highest BCUT2D eigenvalue weighted by molar-refractivity contribution is 5.79. The summed E-state index contributed by atoms with van der Waals surface area (Å²) >= 11 is 0. The lowest BCUT2D eigenvalue weighted by molar-refractivity contribution is -0.141. The smallest absolute Gasteiger partial charge is 0.410 e. The molecule has 4 aliphatic rings. The van der Waals surface area contributed by atoms with Crippen molar-refractivity contribution in [3.8, 4) is 28.7 Å². The van der Waals surface area contributed by atoms with Crippen LogP contribution in [0.4, 0.5) is 4.79 Å². The zero-order valence-electron chi connectivity index (χ0n) is 24.5. The van der Waals surface area contributed by atoms with Gasteiger partial charge in [-0.25, -0.2) is 9.48 Å². The van der Waals surface area contributed by atoms with Crippen molar-refractivity contribution in [2.75, 3.05) is 61.0 Å². The van der Waals surface area contributed by atoms with E-state index in [0.717, 1.165) is 16.7 Å². The van der Waals surface area contributed by atoms with Crippen LogP contribution in [0.3, 0.4) is 0 Å². The molecular formula is C30H32N4O10. The van der Waals surface area contributed by atoms with Crippen LogP contribution in [0.5, 0.6) is 28.7 Å². The number of amides is 1. The molecule has 232 valence electrons. The first-order chi connectivity index (χ1) is 21.5. The predicted molar refractivity (Wildman–Crippen MR) is 149 cm³/mol. The fourth-order valence-electron chi connectivity index (χ4n) is 6.64. The van der Waals surface area contributed by atoms with Gasteiger partial charge in [-0.15, -0.1) is 5.10 Å². The zero-order valence-corrected chi connectivity index (χ0v) is 24.5. The molecule has 0 bridgehead atoms. The van der Waals surface area contributed by atoms with Crippen molar-refractivity contribution in [1.29, 1.82) is 0 Å². The van der Waals surface area contributed by atoms with E-state index in [1.165, 1.54) is 0 Å². The van der Waals surface area contributed by atoms with Crippen LogP contribution in [-0.4, -0.2) is 93.0 Å². The molecule has 2 aromatic carbocycles. The molecular weight excluding hydrogens is 576 g/mol. The van der Waals surface area contributed by atoms with E-state index in [9.17, 15) is 9.59 Å². The molecule has 7 rings (SSSR count). The SMILES string of the molecule is COc1cc([C@@H]2c3cc4c(cc3[C@@H](n3cc(COC(=O)N5CCOCC5)nn3)[C@H]3COC(=O)[C@H]23)OCO4)cc(OC)c1OC. The predicted octanol–water partition coefficient (Wildman–Crippen LogP) is 2.53. The number of carbonyl (C=O) groups excluding carboxylic acids is 2. The van der Waals surface area contributed by atoms with Gasteiger partial charge in [0.1, 0.15) is 12.3 Å². The second-order valence-electron chi connectivity index (χ2n) is 10.9. The van der Waals surface area contributed by atoms with Crippen molar-refractivity contribution < 1.29 is 47.5 Å². The number of rotatable bonds is 7. The largest absolute Gasteiger partial charge is 0.493 e. The molecule has 2 saturated heterocycles. The number of ether oxygens (including phenoxy) is 8. The summed E-state index contributed by atoms with van der Waals surface area (Å²) < 4.78 is 46.6. The number of carbonyl (C=O) groups is 2. The van der Waals surface area contributed by atoms with Crippen molar-refractivity contribution in [2.24, 2.45) is 11.8 Å². The second-order valence-corrected chi connectivity index (χ2v) is 10.9. The van der Waals surface area contributed by atoms with Crippen LogP contribution >= 0.6 is 0 Å². The van der Waals surface area contributed by atoms with Gasteiger partial charge in [0.2, 0.25) is 12.5 Å². The Bertz CT molecular complexity index is 1560. The van der Waals surface area contributed by atoms with Gasteiger partial charge in [-0.1, -0.05) is 5.21 Å². The maximum atomic E-state index is 13.5. The number of esters is 1. The molecule has 1 aliphatic carbocycles. The Morgan fingerprint density at radius 3 is 2.34 bits per heavy atom. The summed E-state index contributed by atoms with van der Waals surface area (Å²) in [5.74, 6) is 0.966. The summed E-state index contributed by atoms with van der Waals surface area (Å²) in [4.78, 5) is 27.6. The Kier molecular flexibility index (Phi) is 7.28. The summed E-state index contributed by atoms with van der Waals surface area (Å²) in [6.45, 7) is 2.14. The highest BCUT2D eigenvalue weighted by Gasteiger charge is 2.53. The zero-order chi connectivity index (χ0) is 30.4. The fraction of sp³-hybridized carbons (Fsp3) is 0.467. The Labute approximate surface area is 252 Å². The summed E-state index contributed by atoms with van der Waals surface area (Å²) in [6.07, 6.45) is 1.31. The Morgan fingerprint density at radius 2 is 1.66 bits per heavy atom. The lowest BCUT2D eigenvalue weighted by atomic mass is 9.65. The molecule has 0 spiro atoms. The fourth-order valence-corrected chi connectivity index (χ4v) is 6.64. The highest BCUT2D eigenvalue weighted by Crippen LogP contribution is 2.56. The first kappa shape index (κ1) is 28.1. The Balaban J connectivity index is 1.28. The molecule has 0 unspecified atom stereocenters. The second kappa shape index (κ2) is 11.4. The van der Waals surface area contributed by atoms with Crippen molar-refractivity contribution in [1.82, 2.24) is 19.9 Å². The van der Waals surface area contributed by atoms with Gasteiger partial charge in [-0.05, 0) is 41.0 Å². The average Bonchev–Trinajstić information content (AvgIpc) is 3.81. The number of nitrogens with zero attached hydrogens (tertiary/aromatic N) is 4. The van der Waals surface area contributed by atoms with Crippen LogP contribution in [0.25, 0.3) is 0 Å². The van der Waals surface area contributed by atoms with Crippen LogP contribution in [0, 0.1) is 11.8 Å². The van der Waals surface area contributed by atoms with Crippen LogP contribution < -0.4 is 23.7 Å². The number of hydrogen-bond acceptors (Lipinski definition) is 12. The number of cyclic esters (lactones) is 1. The number of hydrogen-bond donors (Lipinski definition) is 0. The van der Waals surface area contributed by atoms with Crippen LogP contribution in [-0.2, 0) is 25.6 Å². The number of fused-ring (bicyclic) bond motifs is 3. The quantitative estimate of drug-likeness (QED) is 0.364. The van der Waals surface area contributed by atoms with Gasteiger partial charge in [0.25, 0.3) is 0 Å². The molecule has 14 nitrogen and oxygen atoms in total. The minimum atomic E-state index is -0.567. The van der Waals surface area contributed by atoms with Gasteiger partial charge in [0, 0.05) is 24.9 Å². The van der Waals surface area contributed by atoms with Crippen molar-refractivity contribution >= 4 is 12.1 Å². The molecule has 3 aliphatic heterocycles. The molecule has 0 saturated carbocycles. The van der Waals surface area contributed by atoms with Crippen LogP contribution in [0.15, 0.2) is 30.5 Å². The average molecular weight is 609 g/mol. The van der Waals surface area contributed by atoms with Crippen molar-refractivity contribution in [3.05, 3.63) is 52.8 Å². The summed E-state index contributed by atoms with van der Waals surface area (Å²) in [7, 11) is 4.65. The van der Waals surface area contributed by atoms with E-state index in [-0.39, 0.29) is 31.9 Å². The third kappa shape index (κ3) is 4.69. The topological polar surface area (TPSA) is 142 Å². The van der Waals surface area contributed by atoms with Gasteiger partial charge >= 0.3 is 12.1 Å². The molecule has 0 N–H and O–H groups in total. The minimum absolute atomic E-state index is 0.0471. The van der Waals surface area contributed by atoms with Gasteiger partial charge in [0.15, 0.2) is 23.0 Å². The van der Waals surface area contributed by atoms with E-state index in [4.69, 9.17) is 37.9 Å². The number of morpholine rings is 1. The Morgan fingerprint density at radius 1 is 0.955 bits per heavy atom. The lowest BCUT2D eigenvalue weighted by Crippen LogP contribution is -2.40. The maximum absolute atomic E-state index is 13.5. The molecule has 4 heterocycles. The summed E-state index contributed by atoms with van der Waals surface area (Å²) in [5, 5.41) is 8.72. The standard InChI is InChI=1S/C30H32N4O10/c1-37-23-8-16(9-24(38-2)28(23)39-3)25-18-10-21-22(44-15-43-21)11-19(18)27(20-14-41-29(35)26(20)25)34-12-17(31-32-34)13-42-30(36)33-4-6-40-7-5-33/h8-12,20,25-27H,4-7,13-15H2,1-3H3/t20-,25+,26-,27+/m0/s1. The lowest BCUT2D eigenvalue weighted by Gasteiger charge is -2.39. The van der Waals surface area contributed by atoms with E-state index < -0.39 is 24.0 Å². The maximum Gasteiger partial charge on any atom is 0.410 e.